The molecular formula is C23H27N5O2S. The Kier molecular flexibility index (Phi) is 7.12. The molecule has 31 heavy (non-hydrogen) atoms. The zero-order valence-corrected chi connectivity index (χ0v) is 19.3. The summed E-state index contributed by atoms with van der Waals surface area (Å²) < 4.78 is 1.86. The predicted molar refractivity (Wildman–Crippen MR) is 124 cm³/mol. The van der Waals surface area contributed by atoms with Crippen molar-refractivity contribution in [2.75, 3.05) is 17.6 Å². The van der Waals surface area contributed by atoms with Crippen LogP contribution in [0.25, 0.3) is 5.69 Å². The highest BCUT2D eigenvalue weighted by atomic mass is 32.2. The van der Waals surface area contributed by atoms with Gasteiger partial charge in [-0.3, -0.25) is 14.2 Å². The van der Waals surface area contributed by atoms with Crippen LogP contribution in [-0.4, -0.2) is 38.9 Å². The van der Waals surface area contributed by atoms with E-state index in [0.717, 1.165) is 33.6 Å². The molecule has 162 valence electrons. The van der Waals surface area contributed by atoms with Gasteiger partial charge in [0.2, 0.25) is 11.8 Å². The first-order valence-electron chi connectivity index (χ1n) is 9.99. The van der Waals surface area contributed by atoms with E-state index in [4.69, 9.17) is 0 Å². The first-order valence-corrected chi connectivity index (χ1v) is 11.0. The van der Waals surface area contributed by atoms with E-state index in [-0.39, 0.29) is 24.1 Å². The zero-order valence-electron chi connectivity index (χ0n) is 18.4. The number of hydrogen-bond acceptors (Lipinski definition) is 5. The molecule has 0 unspecified atom stereocenters. The van der Waals surface area contributed by atoms with Gasteiger partial charge in [0.1, 0.15) is 6.33 Å². The number of carbonyl (C=O) groups excluding carboxylic acids is 2. The van der Waals surface area contributed by atoms with Crippen molar-refractivity contribution < 1.29 is 9.59 Å². The second kappa shape index (κ2) is 9.78. The minimum absolute atomic E-state index is 0.0874. The topological polar surface area (TPSA) is 88.9 Å². The SMILES string of the molecule is Cc1ccc(-n2cnnc2SCC(=O)NCC(=O)Nc2c(C)cc(C)cc2C)c(C)c1. The number of nitrogens with zero attached hydrogens (tertiary/aromatic N) is 3. The monoisotopic (exact) mass is 437 g/mol. The van der Waals surface area contributed by atoms with Crippen LogP contribution >= 0.6 is 11.8 Å². The second-order valence-electron chi connectivity index (χ2n) is 7.66. The van der Waals surface area contributed by atoms with Gasteiger partial charge in [0.15, 0.2) is 5.16 Å². The standard InChI is InChI=1S/C23H27N5O2S/c1-14-6-7-19(16(3)8-14)28-13-25-27-23(28)31-12-21(30)24-11-20(29)26-22-17(4)9-15(2)10-18(22)5/h6-10,13H,11-12H2,1-5H3,(H,24,30)(H,26,29). The van der Waals surface area contributed by atoms with Gasteiger partial charge in [-0.2, -0.15) is 0 Å². The number of carbonyl (C=O) groups is 2. The summed E-state index contributed by atoms with van der Waals surface area (Å²) in [6.07, 6.45) is 1.64. The highest BCUT2D eigenvalue weighted by Crippen LogP contribution is 2.23. The lowest BCUT2D eigenvalue weighted by molar-refractivity contribution is -0.122. The van der Waals surface area contributed by atoms with Crippen LogP contribution in [0.1, 0.15) is 27.8 Å². The third-order valence-electron chi connectivity index (χ3n) is 4.85. The molecule has 0 saturated heterocycles. The predicted octanol–water partition coefficient (Wildman–Crippen LogP) is 3.66. The molecule has 2 amide bonds. The maximum Gasteiger partial charge on any atom is 0.243 e. The molecule has 0 aliphatic carbocycles. The van der Waals surface area contributed by atoms with Crippen LogP contribution in [0.2, 0.25) is 0 Å². The third-order valence-corrected chi connectivity index (χ3v) is 5.79. The van der Waals surface area contributed by atoms with E-state index >= 15 is 0 Å². The van der Waals surface area contributed by atoms with Crippen molar-refractivity contribution in [2.24, 2.45) is 0 Å². The average Bonchev–Trinajstić information content (AvgIpc) is 3.15. The summed E-state index contributed by atoms with van der Waals surface area (Å²) in [4.78, 5) is 24.5. The minimum Gasteiger partial charge on any atom is -0.346 e. The fourth-order valence-corrected chi connectivity index (χ4v) is 4.24. The van der Waals surface area contributed by atoms with E-state index in [1.165, 1.54) is 17.3 Å². The van der Waals surface area contributed by atoms with Crippen molar-refractivity contribution in [3.05, 3.63) is 64.5 Å². The van der Waals surface area contributed by atoms with Crippen molar-refractivity contribution in [3.63, 3.8) is 0 Å². The Morgan fingerprint density at radius 3 is 2.29 bits per heavy atom. The van der Waals surface area contributed by atoms with Crippen molar-refractivity contribution in [1.82, 2.24) is 20.1 Å². The highest BCUT2D eigenvalue weighted by Gasteiger charge is 2.13. The molecule has 7 nitrogen and oxygen atoms in total. The molecule has 0 spiro atoms. The van der Waals surface area contributed by atoms with Crippen molar-refractivity contribution >= 4 is 29.3 Å². The fraction of sp³-hybridized carbons (Fsp3) is 0.304. The number of thioether (sulfide) groups is 1. The third kappa shape index (κ3) is 5.73. The van der Waals surface area contributed by atoms with E-state index in [1.54, 1.807) is 6.33 Å². The lowest BCUT2D eigenvalue weighted by Crippen LogP contribution is -2.34. The van der Waals surface area contributed by atoms with Crippen LogP contribution in [0.3, 0.4) is 0 Å². The summed E-state index contributed by atoms with van der Waals surface area (Å²) in [5.41, 5.74) is 7.19. The van der Waals surface area contributed by atoms with Gasteiger partial charge in [-0.1, -0.05) is 47.2 Å². The molecule has 0 bridgehead atoms. The molecule has 8 heteroatoms. The number of hydrogen-bond donors (Lipinski definition) is 2. The molecular weight excluding hydrogens is 410 g/mol. The van der Waals surface area contributed by atoms with E-state index in [9.17, 15) is 9.59 Å². The van der Waals surface area contributed by atoms with Crippen molar-refractivity contribution in [3.8, 4) is 5.69 Å². The molecule has 0 saturated carbocycles. The molecule has 0 aliphatic heterocycles. The molecule has 0 aliphatic rings. The molecule has 2 N–H and O–H groups in total. The Hall–Kier alpha value is -3.13. The maximum atomic E-state index is 12.3. The molecule has 1 aromatic heterocycles. The van der Waals surface area contributed by atoms with Crippen LogP contribution < -0.4 is 10.6 Å². The molecule has 0 radical (unpaired) electrons. The van der Waals surface area contributed by atoms with Gasteiger partial charge in [-0.25, -0.2) is 0 Å². The van der Waals surface area contributed by atoms with Crippen LogP contribution in [0.15, 0.2) is 41.8 Å². The first-order chi connectivity index (χ1) is 14.7. The number of nitrogens with one attached hydrogen (secondary N) is 2. The summed E-state index contributed by atoms with van der Waals surface area (Å²) in [7, 11) is 0. The van der Waals surface area contributed by atoms with Gasteiger partial charge in [-0.15, -0.1) is 10.2 Å². The fourth-order valence-electron chi connectivity index (χ4n) is 3.48. The normalized spacial score (nSPS) is 10.7. The molecule has 0 fully saturated rings. The van der Waals surface area contributed by atoms with E-state index in [1.807, 2.05) is 63.5 Å². The number of anilines is 1. The smallest absolute Gasteiger partial charge is 0.243 e. The minimum atomic E-state index is -0.258. The van der Waals surface area contributed by atoms with Gasteiger partial charge in [0, 0.05) is 5.69 Å². The van der Waals surface area contributed by atoms with Gasteiger partial charge < -0.3 is 10.6 Å². The zero-order chi connectivity index (χ0) is 22.5. The van der Waals surface area contributed by atoms with Crippen LogP contribution in [0, 0.1) is 34.6 Å². The lowest BCUT2D eigenvalue weighted by Gasteiger charge is -2.13. The lowest BCUT2D eigenvalue weighted by atomic mass is 10.1. The van der Waals surface area contributed by atoms with Gasteiger partial charge in [0.05, 0.1) is 18.0 Å². The van der Waals surface area contributed by atoms with Gasteiger partial charge in [0.25, 0.3) is 0 Å². The molecule has 3 rings (SSSR count). The average molecular weight is 438 g/mol. The molecule has 0 atom stereocenters. The van der Waals surface area contributed by atoms with Crippen molar-refractivity contribution in [2.45, 2.75) is 39.8 Å². The largest absolute Gasteiger partial charge is 0.346 e. The summed E-state index contributed by atoms with van der Waals surface area (Å²) in [5, 5.41) is 14.3. The summed E-state index contributed by atoms with van der Waals surface area (Å²) >= 11 is 1.28. The Morgan fingerprint density at radius 1 is 0.935 bits per heavy atom. The van der Waals surface area contributed by atoms with E-state index in [2.05, 4.69) is 26.9 Å². The van der Waals surface area contributed by atoms with Crippen LogP contribution in [0.4, 0.5) is 5.69 Å². The molecule has 3 aromatic rings. The summed E-state index contributed by atoms with van der Waals surface area (Å²) in [6.45, 7) is 9.91. The molecule has 1 heterocycles. The number of amides is 2. The Morgan fingerprint density at radius 2 is 1.61 bits per heavy atom. The summed E-state index contributed by atoms with van der Waals surface area (Å²) in [6, 6.07) is 10.2. The van der Waals surface area contributed by atoms with E-state index < -0.39 is 0 Å². The molecule has 2 aromatic carbocycles. The number of aryl methyl sites for hydroxylation is 5. The van der Waals surface area contributed by atoms with Crippen LogP contribution in [-0.2, 0) is 9.59 Å². The Balaban J connectivity index is 1.54. The van der Waals surface area contributed by atoms with Crippen LogP contribution in [0.5, 0.6) is 0 Å². The summed E-state index contributed by atoms with van der Waals surface area (Å²) in [5.74, 6) is -0.362. The number of aromatic nitrogens is 3. The Bertz CT molecular complexity index is 1100. The first kappa shape index (κ1) is 22.6. The number of rotatable bonds is 7. The van der Waals surface area contributed by atoms with E-state index in [0.29, 0.717) is 5.16 Å². The van der Waals surface area contributed by atoms with Gasteiger partial charge in [-0.05, 0) is 57.4 Å². The number of benzene rings is 2. The second-order valence-corrected chi connectivity index (χ2v) is 8.60. The van der Waals surface area contributed by atoms with Crippen molar-refractivity contribution in [1.29, 1.82) is 0 Å². The Labute approximate surface area is 186 Å². The van der Waals surface area contributed by atoms with Gasteiger partial charge >= 0.3 is 0 Å². The maximum absolute atomic E-state index is 12.3. The quantitative estimate of drug-likeness (QED) is 0.551. The highest BCUT2D eigenvalue weighted by molar-refractivity contribution is 7.99.